The molecule has 2 aliphatic rings. The van der Waals surface area contributed by atoms with E-state index in [9.17, 15) is 4.39 Å². The Morgan fingerprint density at radius 3 is 2.82 bits per heavy atom. The molecular weight excluding hydrogens is 143 g/mol. The van der Waals surface area contributed by atoms with E-state index in [1.165, 1.54) is 0 Å². The average molecular weight is 158 g/mol. The van der Waals surface area contributed by atoms with E-state index >= 15 is 0 Å². The molecular formula is C8H15FN2. The van der Waals surface area contributed by atoms with Crippen molar-refractivity contribution in [2.24, 2.45) is 11.7 Å². The van der Waals surface area contributed by atoms with Crippen LogP contribution in [0.4, 0.5) is 4.39 Å². The molecule has 0 radical (unpaired) electrons. The molecule has 0 aromatic heterocycles. The highest BCUT2D eigenvalue weighted by Gasteiger charge is 2.39. The standard InChI is InChI=1S/C8H15FN2/c9-7-2-8-1-6(3-10)4-11(8)5-7/h6-8H,1-5,10H2. The zero-order valence-electron chi connectivity index (χ0n) is 6.67. The van der Waals surface area contributed by atoms with Crippen LogP contribution < -0.4 is 5.73 Å². The van der Waals surface area contributed by atoms with Crippen molar-refractivity contribution in [3.8, 4) is 0 Å². The first-order valence-corrected chi connectivity index (χ1v) is 4.37. The van der Waals surface area contributed by atoms with Gasteiger partial charge in [0.05, 0.1) is 0 Å². The van der Waals surface area contributed by atoms with E-state index in [1.54, 1.807) is 0 Å². The number of rotatable bonds is 1. The van der Waals surface area contributed by atoms with Gasteiger partial charge in [-0.15, -0.1) is 0 Å². The summed E-state index contributed by atoms with van der Waals surface area (Å²) < 4.78 is 12.8. The molecule has 0 saturated carbocycles. The number of alkyl halides is 1. The van der Waals surface area contributed by atoms with Crippen LogP contribution in [0.3, 0.4) is 0 Å². The Kier molecular flexibility index (Phi) is 1.85. The second-order valence-electron chi connectivity index (χ2n) is 3.78. The van der Waals surface area contributed by atoms with Gasteiger partial charge >= 0.3 is 0 Å². The van der Waals surface area contributed by atoms with E-state index < -0.39 is 6.17 Å². The number of halogens is 1. The van der Waals surface area contributed by atoms with Gasteiger partial charge in [0, 0.05) is 19.1 Å². The van der Waals surface area contributed by atoms with Gasteiger partial charge < -0.3 is 5.73 Å². The van der Waals surface area contributed by atoms with E-state index in [2.05, 4.69) is 4.90 Å². The summed E-state index contributed by atoms with van der Waals surface area (Å²) in [6.07, 6.45) is 1.30. The molecule has 3 unspecified atom stereocenters. The summed E-state index contributed by atoms with van der Waals surface area (Å²) in [5.41, 5.74) is 5.55. The molecule has 2 saturated heterocycles. The molecule has 2 heterocycles. The lowest BCUT2D eigenvalue weighted by atomic mass is 10.0. The largest absolute Gasteiger partial charge is 0.330 e. The molecule has 2 nitrogen and oxygen atoms in total. The third kappa shape index (κ3) is 1.27. The van der Waals surface area contributed by atoms with Crippen LogP contribution >= 0.6 is 0 Å². The summed E-state index contributed by atoms with van der Waals surface area (Å²) in [4.78, 5) is 2.25. The summed E-state index contributed by atoms with van der Waals surface area (Å²) in [6.45, 7) is 2.45. The highest BCUT2D eigenvalue weighted by molar-refractivity contribution is 4.93. The lowest BCUT2D eigenvalue weighted by Crippen LogP contribution is -2.25. The van der Waals surface area contributed by atoms with Crippen LogP contribution in [0.1, 0.15) is 12.8 Å². The molecule has 0 spiro atoms. The maximum Gasteiger partial charge on any atom is 0.114 e. The van der Waals surface area contributed by atoms with Gasteiger partial charge in [-0.3, -0.25) is 4.90 Å². The Balaban J connectivity index is 1.93. The Hall–Kier alpha value is -0.150. The predicted octanol–water partition coefficient (Wildman–Crippen LogP) is 0.377. The lowest BCUT2D eigenvalue weighted by molar-refractivity contribution is 0.283. The van der Waals surface area contributed by atoms with Crippen molar-refractivity contribution in [2.45, 2.75) is 25.1 Å². The molecule has 3 heteroatoms. The maximum absolute atomic E-state index is 12.8. The van der Waals surface area contributed by atoms with Crippen molar-refractivity contribution >= 4 is 0 Å². The highest BCUT2D eigenvalue weighted by Crippen LogP contribution is 2.32. The summed E-state index contributed by atoms with van der Waals surface area (Å²) in [6, 6.07) is 0.513. The van der Waals surface area contributed by atoms with Crippen LogP contribution in [0.5, 0.6) is 0 Å². The van der Waals surface area contributed by atoms with Gasteiger partial charge in [-0.05, 0) is 25.3 Å². The molecule has 2 rings (SSSR count). The van der Waals surface area contributed by atoms with Crippen LogP contribution in [0.25, 0.3) is 0 Å². The average Bonchev–Trinajstić information content (AvgIpc) is 2.43. The lowest BCUT2D eigenvalue weighted by Gasteiger charge is -2.12. The maximum atomic E-state index is 12.8. The normalized spacial score (nSPS) is 44.7. The molecule has 0 bridgehead atoms. The molecule has 0 aromatic rings. The van der Waals surface area contributed by atoms with E-state index in [1.807, 2.05) is 0 Å². The highest BCUT2D eigenvalue weighted by atomic mass is 19.1. The first-order valence-electron chi connectivity index (χ1n) is 4.37. The first-order chi connectivity index (χ1) is 5.29. The molecule has 2 aliphatic heterocycles. The molecule has 11 heavy (non-hydrogen) atoms. The van der Waals surface area contributed by atoms with Crippen LogP contribution in [0.15, 0.2) is 0 Å². The van der Waals surface area contributed by atoms with Crippen LogP contribution in [-0.4, -0.2) is 36.7 Å². The SMILES string of the molecule is NCC1CC2CC(F)CN2C1. The third-order valence-corrected chi connectivity index (χ3v) is 2.91. The first kappa shape index (κ1) is 7.50. The quantitative estimate of drug-likeness (QED) is 0.597. The van der Waals surface area contributed by atoms with Crippen LogP contribution in [0.2, 0.25) is 0 Å². The van der Waals surface area contributed by atoms with Crippen molar-refractivity contribution in [1.82, 2.24) is 4.90 Å². The number of hydrogen-bond donors (Lipinski definition) is 1. The van der Waals surface area contributed by atoms with Crippen molar-refractivity contribution in [3.05, 3.63) is 0 Å². The van der Waals surface area contributed by atoms with Crippen LogP contribution in [0, 0.1) is 5.92 Å². The Bertz CT molecular complexity index is 137. The molecule has 0 aromatic carbocycles. The summed E-state index contributed by atoms with van der Waals surface area (Å²) in [7, 11) is 0. The van der Waals surface area contributed by atoms with Gasteiger partial charge in [0.2, 0.25) is 0 Å². The zero-order chi connectivity index (χ0) is 7.84. The molecule has 0 amide bonds. The van der Waals surface area contributed by atoms with Crippen molar-refractivity contribution < 1.29 is 4.39 Å². The van der Waals surface area contributed by atoms with E-state index in [0.29, 0.717) is 18.5 Å². The molecule has 2 fully saturated rings. The van der Waals surface area contributed by atoms with Crippen molar-refractivity contribution in [3.63, 3.8) is 0 Å². The van der Waals surface area contributed by atoms with Gasteiger partial charge in [-0.25, -0.2) is 4.39 Å². The Labute approximate surface area is 66.5 Å². The van der Waals surface area contributed by atoms with Crippen LogP contribution in [-0.2, 0) is 0 Å². The fraction of sp³-hybridized carbons (Fsp3) is 1.00. The smallest absolute Gasteiger partial charge is 0.114 e. The zero-order valence-corrected chi connectivity index (χ0v) is 6.67. The predicted molar refractivity (Wildman–Crippen MR) is 42.0 cm³/mol. The minimum absolute atomic E-state index is 0.513. The third-order valence-electron chi connectivity index (χ3n) is 2.91. The molecule has 64 valence electrons. The van der Waals surface area contributed by atoms with E-state index in [4.69, 9.17) is 5.73 Å². The van der Waals surface area contributed by atoms with Gasteiger partial charge in [-0.2, -0.15) is 0 Å². The second kappa shape index (κ2) is 2.72. The van der Waals surface area contributed by atoms with E-state index in [0.717, 1.165) is 25.9 Å². The van der Waals surface area contributed by atoms with Gasteiger partial charge in [-0.1, -0.05) is 0 Å². The summed E-state index contributed by atoms with van der Waals surface area (Å²) in [5.74, 6) is 0.632. The summed E-state index contributed by atoms with van der Waals surface area (Å²) in [5, 5.41) is 0. The molecule has 3 atom stereocenters. The Morgan fingerprint density at radius 2 is 2.18 bits per heavy atom. The fourth-order valence-corrected chi connectivity index (χ4v) is 2.35. The van der Waals surface area contributed by atoms with Gasteiger partial charge in [0.15, 0.2) is 0 Å². The van der Waals surface area contributed by atoms with Crippen molar-refractivity contribution in [2.75, 3.05) is 19.6 Å². The van der Waals surface area contributed by atoms with Gasteiger partial charge in [0.25, 0.3) is 0 Å². The number of fused-ring (bicyclic) bond motifs is 1. The molecule has 2 N–H and O–H groups in total. The Morgan fingerprint density at radius 1 is 1.36 bits per heavy atom. The van der Waals surface area contributed by atoms with Crippen molar-refractivity contribution in [1.29, 1.82) is 0 Å². The van der Waals surface area contributed by atoms with Gasteiger partial charge in [0.1, 0.15) is 6.17 Å². The monoisotopic (exact) mass is 158 g/mol. The number of hydrogen-bond acceptors (Lipinski definition) is 2. The van der Waals surface area contributed by atoms with E-state index in [-0.39, 0.29) is 0 Å². The second-order valence-corrected chi connectivity index (χ2v) is 3.78. The topological polar surface area (TPSA) is 29.3 Å². The number of nitrogens with two attached hydrogens (primary N) is 1. The number of nitrogens with zero attached hydrogens (tertiary/aromatic N) is 1. The fourth-order valence-electron chi connectivity index (χ4n) is 2.35. The summed E-state index contributed by atoms with van der Waals surface area (Å²) >= 11 is 0. The minimum atomic E-state index is -0.571. The molecule has 0 aliphatic carbocycles. The minimum Gasteiger partial charge on any atom is -0.330 e.